The molecule has 0 radical (unpaired) electrons. The van der Waals surface area contributed by atoms with Crippen LogP contribution in [0.1, 0.15) is 65.7 Å². The number of aliphatic carboxylic acids is 1. The maximum absolute atomic E-state index is 14.1. The van der Waals surface area contributed by atoms with E-state index in [0.717, 1.165) is 10.9 Å². The highest BCUT2D eigenvalue weighted by molar-refractivity contribution is 5.96. The van der Waals surface area contributed by atoms with Crippen molar-refractivity contribution in [2.45, 2.75) is 95.0 Å². The number of hydrogen-bond acceptors (Lipinski definition) is 7. The first-order chi connectivity index (χ1) is 21.4. The highest BCUT2D eigenvalue weighted by Gasteiger charge is 2.62. The Morgan fingerprint density at radius 2 is 1.89 bits per heavy atom. The van der Waals surface area contributed by atoms with Gasteiger partial charge in [-0.05, 0) is 83.4 Å². The Kier molecular flexibility index (Phi) is 10.5. The van der Waals surface area contributed by atoms with Crippen LogP contribution in [0.2, 0.25) is 0 Å². The van der Waals surface area contributed by atoms with Gasteiger partial charge in [0.15, 0.2) is 0 Å². The van der Waals surface area contributed by atoms with Crippen molar-refractivity contribution in [3.8, 4) is 5.75 Å². The molecule has 2 aromatic rings. The summed E-state index contributed by atoms with van der Waals surface area (Å²) < 4.78 is 11.8. The lowest BCUT2D eigenvalue weighted by molar-refractivity contribution is -0.146. The molecule has 1 aliphatic carbocycles. The van der Waals surface area contributed by atoms with Crippen molar-refractivity contribution in [3.63, 3.8) is 0 Å². The minimum Gasteiger partial charge on any atom is -0.488 e. The zero-order valence-corrected chi connectivity index (χ0v) is 26.3. The minimum atomic E-state index is -1.40. The summed E-state index contributed by atoms with van der Waals surface area (Å²) in [6.45, 7) is 12.7. The summed E-state index contributed by atoms with van der Waals surface area (Å²) in [5.74, 6) is -1.83. The Hall–Kier alpha value is -4.41. The quantitative estimate of drug-likeness (QED) is 0.202. The van der Waals surface area contributed by atoms with Gasteiger partial charge in [-0.3, -0.25) is 14.6 Å². The van der Waals surface area contributed by atoms with Crippen LogP contribution in [0.25, 0.3) is 10.9 Å². The van der Waals surface area contributed by atoms with E-state index < -0.39 is 53.2 Å². The van der Waals surface area contributed by atoms with Crippen LogP contribution in [0, 0.1) is 5.92 Å². The van der Waals surface area contributed by atoms with Gasteiger partial charge in [0.1, 0.15) is 35.1 Å². The number of hydrogen-bond donors (Lipinski definition) is 3. The van der Waals surface area contributed by atoms with E-state index in [9.17, 15) is 24.3 Å². The number of carboxylic acids is 1. The molecule has 0 spiro atoms. The molecule has 3 N–H and O–H groups in total. The van der Waals surface area contributed by atoms with Gasteiger partial charge in [-0.2, -0.15) is 0 Å². The summed E-state index contributed by atoms with van der Waals surface area (Å²) in [5.41, 5.74) is -1.44. The Morgan fingerprint density at radius 3 is 2.58 bits per heavy atom. The number of likely N-dealkylation sites (tertiary alicyclic amines) is 1. The summed E-state index contributed by atoms with van der Waals surface area (Å²) in [7, 11) is 0. The topological polar surface area (TPSA) is 147 Å². The van der Waals surface area contributed by atoms with E-state index in [2.05, 4.69) is 28.8 Å². The SMILES string of the molecule is C=CCCC[C@H](NC(=O)OC(C)(C)C)C(=O)N1C[C@H](Oc2ccnc3ccccc23)C[C@H]1C(=O)N[C@]1(C(=O)O)CC1CCC=C. The maximum atomic E-state index is 14.1. The highest BCUT2D eigenvalue weighted by Crippen LogP contribution is 2.47. The number of aromatic nitrogens is 1. The van der Waals surface area contributed by atoms with Gasteiger partial charge in [-0.1, -0.05) is 24.3 Å². The van der Waals surface area contributed by atoms with E-state index >= 15 is 0 Å². The predicted molar refractivity (Wildman–Crippen MR) is 170 cm³/mol. The third-order valence-electron chi connectivity index (χ3n) is 8.19. The van der Waals surface area contributed by atoms with Gasteiger partial charge < -0.3 is 30.1 Å². The number of rotatable bonds is 14. The van der Waals surface area contributed by atoms with Crippen LogP contribution >= 0.6 is 0 Å². The predicted octanol–water partition coefficient (Wildman–Crippen LogP) is 4.76. The molecule has 0 bridgehead atoms. The van der Waals surface area contributed by atoms with Crippen LogP contribution in [-0.4, -0.2) is 74.7 Å². The molecule has 11 nitrogen and oxygen atoms in total. The molecule has 1 aromatic heterocycles. The first kappa shape index (κ1) is 33.5. The first-order valence-corrected chi connectivity index (χ1v) is 15.5. The molecule has 2 aliphatic rings. The van der Waals surface area contributed by atoms with E-state index in [4.69, 9.17) is 9.47 Å². The molecular weight excluding hydrogens is 576 g/mol. The number of para-hydroxylation sites is 1. The second-order valence-corrected chi connectivity index (χ2v) is 12.8. The average Bonchev–Trinajstić information content (AvgIpc) is 3.52. The molecule has 1 aliphatic heterocycles. The van der Waals surface area contributed by atoms with Gasteiger partial charge in [-0.25, -0.2) is 9.59 Å². The second-order valence-electron chi connectivity index (χ2n) is 12.8. The van der Waals surface area contributed by atoms with Crippen LogP contribution in [-0.2, 0) is 19.1 Å². The summed E-state index contributed by atoms with van der Waals surface area (Å²) in [4.78, 5) is 58.9. The zero-order chi connectivity index (χ0) is 32.8. The molecule has 4 rings (SSSR count). The Morgan fingerprint density at radius 1 is 1.16 bits per heavy atom. The number of amides is 3. The number of fused-ring (bicyclic) bond motifs is 1. The Labute approximate surface area is 264 Å². The monoisotopic (exact) mass is 620 g/mol. The molecule has 5 atom stereocenters. The van der Waals surface area contributed by atoms with Gasteiger partial charge in [0.05, 0.1) is 12.1 Å². The third-order valence-corrected chi connectivity index (χ3v) is 8.19. The summed E-state index contributed by atoms with van der Waals surface area (Å²) in [5, 5.41) is 16.3. The van der Waals surface area contributed by atoms with Gasteiger partial charge >= 0.3 is 12.1 Å². The molecule has 1 saturated carbocycles. The molecule has 1 saturated heterocycles. The van der Waals surface area contributed by atoms with Gasteiger partial charge in [-0.15, -0.1) is 13.2 Å². The zero-order valence-electron chi connectivity index (χ0n) is 26.3. The van der Waals surface area contributed by atoms with Crippen LogP contribution in [0.15, 0.2) is 61.8 Å². The number of carbonyl (C=O) groups is 4. The molecule has 1 aromatic carbocycles. The minimum absolute atomic E-state index is 0.0570. The van der Waals surface area contributed by atoms with Crippen LogP contribution in [0.3, 0.4) is 0 Å². The van der Waals surface area contributed by atoms with Gasteiger partial charge in [0.2, 0.25) is 11.8 Å². The van der Waals surface area contributed by atoms with E-state index in [1.807, 2.05) is 24.3 Å². The fourth-order valence-corrected chi connectivity index (χ4v) is 5.87. The average molecular weight is 621 g/mol. The molecule has 3 amide bonds. The van der Waals surface area contributed by atoms with Gasteiger partial charge in [0.25, 0.3) is 0 Å². The van der Waals surface area contributed by atoms with E-state index in [0.29, 0.717) is 37.9 Å². The third kappa shape index (κ3) is 8.20. The fourth-order valence-electron chi connectivity index (χ4n) is 5.87. The van der Waals surface area contributed by atoms with Gasteiger partial charge in [0, 0.05) is 18.0 Å². The number of pyridine rings is 1. The fraction of sp³-hybridized carbons (Fsp3) is 0.500. The summed E-state index contributed by atoms with van der Waals surface area (Å²) in [6, 6.07) is 7.23. The second kappa shape index (κ2) is 14.1. The smallest absolute Gasteiger partial charge is 0.408 e. The number of alkyl carbamates (subject to hydrolysis) is 1. The largest absolute Gasteiger partial charge is 0.488 e. The standard InChI is InChI=1S/C34H44N4O7/c1-6-8-10-16-26(36-32(43)45-33(3,4)5)30(40)38-21-23(44-28-17-18-35-25-15-12-11-14-24(25)28)19-27(38)29(39)37-34(31(41)42)20-22(34)13-9-7-2/h6-7,11-12,14-15,17-18,22-23,26-27H,1-2,8-10,13,16,19-21H2,3-5H3,(H,36,43)(H,37,39)(H,41,42)/t22?,23-,26+,27+,34-/m1/s1. The molecule has 2 heterocycles. The van der Waals surface area contributed by atoms with Crippen LogP contribution < -0.4 is 15.4 Å². The van der Waals surface area contributed by atoms with Crippen molar-refractivity contribution in [2.75, 3.05) is 6.54 Å². The van der Waals surface area contributed by atoms with Crippen molar-refractivity contribution in [1.82, 2.24) is 20.5 Å². The lowest BCUT2D eigenvalue weighted by atomic mass is 10.1. The summed E-state index contributed by atoms with van der Waals surface area (Å²) >= 11 is 0. The normalized spacial score (nSPS) is 23.1. The van der Waals surface area contributed by atoms with E-state index in [1.54, 1.807) is 45.2 Å². The number of carboxylic acid groups (broad SMARTS) is 1. The Balaban J connectivity index is 1.61. The molecular formula is C34H44N4O7. The van der Waals surface area contributed by atoms with E-state index in [1.165, 1.54) is 4.90 Å². The molecule has 2 fully saturated rings. The number of benzene rings is 1. The van der Waals surface area contributed by atoms with Crippen LogP contribution in [0.5, 0.6) is 5.75 Å². The molecule has 242 valence electrons. The first-order valence-electron chi connectivity index (χ1n) is 15.5. The van der Waals surface area contributed by atoms with Crippen LogP contribution in [0.4, 0.5) is 4.79 Å². The number of unbranched alkanes of at least 4 members (excludes halogenated alkanes) is 1. The number of allylic oxidation sites excluding steroid dienone is 2. The number of nitrogens with zero attached hydrogens (tertiary/aromatic N) is 2. The summed E-state index contributed by atoms with van der Waals surface area (Å²) in [6.07, 6.45) is 6.87. The van der Waals surface area contributed by atoms with Crippen molar-refractivity contribution in [3.05, 3.63) is 61.8 Å². The maximum Gasteiger partial charge on any atom is 0.408 e. The van der Waals surface area contributed by atoms with Crippen molar-refractivity contribution in [2.24, 2.45) is 5.92 Å². The molecule has 45 heavy (non-hydrogen) atoms. The molecule has 1 unspecified atom stereocenters. The lowest BCUT2D eigenvalue weighted by Crippen LogP contribution is -2.56. The Bertz CT molecular complexity index is 1430. The number of carbonyl (C=O) groups excluding carboxylic acids is 3. The van der Waals surface area contributed by atoms with Crippen molar-refractivity contribution >= 4 is 34.8 Å². The number of ether oxygens (including phenoxy) is 2. The van der Waals surface area contributed by atoms with E-state index in [-0.39, 0.29) is 25.3 Å². The van der Waals surface area contributed by atoms with Crippen molar-refractivity contribution in [1.29, 1.82) is 0 Å². The lowest BCUT2D eigenvalue weighted by Gasteiger charge is -2.30. The molecule has 11 heteroatoms. The highest BCUT2D eigenvalue weighted by atomic mass is 16.6. The van der Waals surface area contributed by atoms with Crippen molar-refractivity contribution < 1.29 is 33.8 Å². The number of nitrogens with one attached hydrogen (secondary N) is 2.